The number of hydrogen-bond donors (Lipinski definition) is 2. The van der Waals surface area contributed by atoms with Crippen LogP contribution in [0.5, 0.6) is 11.5 Å². The number of carbonyl (C=O) groups excluding carboxylic acids is 1. The number of rotatable bonds is 6. The molecule has 116 valence electrons. The largest absolute Gasteiger partial charge is 0.497 e. The SMILES string of the molecule is CCOC1CC(NC(=O)c2cc(OC)cc(OC)c2N)C1. The van der Waals surface area contributed by atoms with Gasteiger partial charge < -0.3 is 25.3 Å². The minimum Gasteiger partial charge on any atom is -0.497 e. The first-order valence-corrected chi connectivity index (χ1v) is 7.03. The van der Waals surface area contributed by atoms with E-state index < -0.39 is 0 Å². The molecule has 1 aliphatic rings. The lowest BCUT2D eigenvalue weighted by atomic mass is 9.89. The van der Waals surface area contributed by atoms with Crippen molar-refractivity contribution in [2.45, 2.75) is 31.9 Å². The van der Waals surface area contributed by atoms with E-state index in [1.165, 1.54) is 14.2 Å². The monoisotopic (exact) mass is 294 g/mol. The molecule has 1 saturated carbocycles. The van der Waals surface area contributed by atoms with Crippen LogP contribution in [0.15, 0.2) is 12.1 Å². The molecular weight excluding hydrogens is 272 g/mol. The van der Waals surface area contributed by atoms with Crippen molar-refractivity contribution in [1.29, 1.82) is 0 Å². The zero-order valence-corrected chi connectivity index (χ0v) is 12.6. The van der Waals surface area contributed by atoms with Gasteiger partial charge in [0.05, 0.1) is 31.6 Å². The molecule has 0 radical (unpaired) electrons. The van der Waals surface area contributed by atoms with Crippen LogP contribution in [0.1, 0.15) is 30.1 Å². The van der Waals surface area contributed by atoms with Crippen molar-refractivity contribution < 1.29 is 19.0 Å². The number of anilines is 1. The summed E-state index contributed by atoms with van der Waals surface area (Å²) >= 11 is 0. The van der Waals surface area contributed by atoms with Crippen LogP contribution >= 0.6 is 0 Å². The Kier molecular flexibility index (Phi) is 4.90. The van der Waals surface area contributed by atoms with E-state index in [0.717, 1.165) is 12.8 Å². The fraction of sp³-hybridized carbons (Fsp3) is 0.533. The van der Waals surface area contributed by atoms with Crippen molar-refractivity contribution in [1.82, 2.24) is 5.32 Å². The number of methoxy groups -OCH3 is 2. The number of benzene rings is 1. The highest BCUT2D eigenvalue weighted by Crippen LogP contribution is 2.31. The Labute approximate surface area is 124 Å². The van der Waals surface area contributed by atoms with Crippen LogP contribution in [0.4, 0.5) is 5.69 Å². The summed E-state index contributed by atoms with van der Waals surface area (Å²) in [4.78, 5) is 12.3. The summed E-state index contributed by atoms with van der Waals surface area (Å²) in [6.07, 6.45) is 1.92. The maximum absolute atomic E-state index is 12.3. The minimum atomic E-state index is -0.218. The van der Waals surface area contributed by atoms with Crippen LogP contribution in [-0.2, 0) is 4.74 Å². The van der Waals surface area contributed by atoms with Crippen LogP contribution in [-0.4, -0.2) is 38.9 Å². The van der Waals surface area contributed by atoms with Gasteiger partial charge >= 0.3 is 0 Å². The molecule has 1 aromatic rings. The van der Waals surface area contributed by atoms with Crippen LogP contribution < -0.4 is 20.5 Å². The predicted molar refractivity (Wildman–Crippen MR) is 79.9 cm³/mol. The topological polar surface area (TPSA) is 82.8 Å². The van der Waals surface area contributed by atoms with Crippen molar-refractivity contribution >= 4 is 11.6 Å². The molecule has 0 bridgehead atoms. The lowest BCUT2D eigenvalue weighted by Gasteiger charge is -2.35. The highest BCUT2D eigenvalue weighted by Gasteiger charge is 2.31. The molecule has 3 N–H and O–H groups in total. The van der Waals surface area contributed by atoms with Gasteiger partial charge in [0.25, 0.3) is 5.91 Å². The molecule has 21 heavy (non-hydrogen) atoms. The fourth-order valence-corrected chi connectivity index (χ4v) is 2.39. The van der Waals surface area contributed by atoms with Crippen molar-refractivity contribution in [3.8, 4) is 11.5 Å². The Hall–Kier alpha value is -1.95. The number of hydrogen-bond acceptors (Lipinski definition) is 5. The number of nitrogens with one attached hydrogen (secondary N) is 1. The first kappa shape index (κ1) is 15.4. The lowest BCUT2D eigenvalue weighted by Crippen LogP contribution is -2.47. The van der Waals surface area contributed by atoms with E-state index in [0.29, 0.717) is 29.4 Å². The number of nitrogens with two attached hydrogens (primary N) is 1. The summed E-state index contributed by atoms with van der Waals surface area (Å²) in [6, 6.07) is 3.40. The standard InChI is InChI=1S/C15H22N2O4/c1-4-21-11-5-9(6-11)17-15(18)12-7-10(19-2)8-13(20-3)14(12)16/h7-9,11H,4-6,16H2,1-3H3,(H,17,18). The van der Waals surface area contributed by atoms with Crippen LogP contribution in [0.2, 0.25) is 0 Å². The van der Waals surface area contributed by atoms with Crippen LogP contribution in [0.3, 0.4) is 0 Å². The summed E-state index contributed by atoms with van der Waals surface area (Å²) in [5, 5.41) is 2.95. The summed E-state index contributed by atoms with van der Waals surface area (Å²) in [7, 11) is 3.04. The van der Waals surface area contributed by atoms with Gasteiger partial charge in [-0.1, -0.05) is 0 Å². The molecule has 6 heteroatoms. The van der Waals surface area contributed by atoms with Crippen LogP contribution in [0, 0.1) is 0 Å². The number of ether oxygens (including phenoxy) is 3. The lowest BCUT2D eigenvalue weighted by molar-refractivity contribution is -0.00862. The van der Waals surface area contributed by atoms with Crippen molar-refractivity contribution in [2.75, 3.05) is 26.6 Å². The van der Waals surface area contributed by atoms with Gasteiger partial charge in [-0.3, -0.25) is 4.79 Å². The van der Waals surface area contributed by atoms with E-state index >= 15 is 0 Å². The van der Waals surface area contributed by atoms with Gasteiger partial charge in [0, 0.05) is 18.7 Å². The molecule has 0 unspecified atom stereocenters. The van der Waals surface area contributed by atoms with E-state index in [9.17, 15) is 4.79 Å². The Morgan fingerprint density at radius 2 is 2.05 bits per heavy atom. The van der Waals surface area contributed by atoms with Gasteiger partial charge in [0.1, 0.15) is 11.5 Å². The molecular formula is C15H22N2O4. The molecule has 1 aliphatic carbocycles. The predicted octanol–water partition coefficient (Wildman–Crippen LogP) is 1.58. The summed E-state index contributed by atoms with van der Waals surface area (Å²) < 4.78 is 15.8. The van der Waals surface area contributed by atoms with Gasteiger partial charge in [0.15, 0.2) is 0 Å². The van der Waals surface area contributed by atoms with Gasteiger partial charge in [-0.05, 0) is 25.8 Å². The zero-order valence-electron chi connectivity index (χ0n) is 12.6. The normalized spacial score (nSPS) is 20.5. The zero-order chi connectivity index (χ0) is 15.4. The second-order valence-electron chi connectivity index (χ2n) is 5.01. The number of amides is 1. The van der Waals surface area contributed by atoms with E-state index in [1.807, 2.05) is 6.92 Å². The molecule has 1 amide bonds. The van der Waals surface area contributed by atoms with Crippen molar-refractivity contribution in [3.05, 3.63) is 17.7 Å². The van der Waals surface area contributed by atoms with E-state index in [-0.39, 0.29) is 18.1 Å². The molecule has 0 spiro atoms. The summed E-state index contributed by atoms with van der Waals surface area (Å²) in [5.74, 6) is 0.747. The molecule has 2 rings (SSSR count). The maximum Gasteiger partial charge on any atom is 0.253 e. The Bertz CT molecular complexity index is 513. The molecule has 0 saturated heterocycles. The average molecular weight is 294 g/mol. The molecule has 0 aromatic heterocycles. The second kappa shape index (κ2) is 6.67. The first-order chi connectivity index (χ1) is 10.1. The van der Waals surface area contributed by atoms with Gasteiger partial charge in [-0.15, -0.1) is 0 Å². The van der Waals surface area contributed by atoms with Gasteiger partial charge in [-0.25, -0.2) is 0 Å². The maximum atomic E-state index is 12.3. The highest BCUT2D eigenvalue weighted by molar-refractivity contribution is 6.01. The third kappa shape index (κ3) is 3.39. The third-order valence-corrected chi connectivity index (χ3v) is 3.65. The fourth-order valence-electron chi connectivity index (χ4n) is 2.39. The first-order valence-electron chi connectivity index (χ1n) is 7.03. The highest BCUT2D eigenvalue weighted by atomic mass is 16.5. The summed E-state index contributed by atoms with van der Waals surface area (Å²) in [6.45, 7) is 2.67. The third-order valence-electron chi connectivity index (χ3n) is 3.65. The Balaban J connectivity index is 2.05. The van der Waals surface area contributed by atoms with Crippen molar-refractivity contribution in [3.63, 3.8) is 0 Å². The number of nitrogen functional groups attached to an aromatic ring is 1. The van der Waals surface area contributed by atoms with E-state index in [1.54, 1.807) is 12.1 Å². The second-order valence-corrected chi connectivity index (χ2v) is 5.01. The Morgan fingerprint density at radius 3 is 2.62 bits per heavy atom. The molecule has 6 nitrogen and oxygen atoms in total. The minimum absolute atomic E-state index is 0.130. The van der Waals surface area contributed by atoms with Gasteiger partial charge in [-0.2, -0.15) is 0 Å². The summed E-state index contributed by atoms with van der Waals surface area (Å²) in [5.41, 5.74) is 6.65. The molecule has 0 aliphatic heterocycles. The molecule has 1 aromatic carbocycles. The van der Waals surface area contributed by atoms with E-state index in [4.69, 9.17) is 19.9 Å². The van der Waals surface area contributed by atoms with E-state index in [2.05, 4.69) is 5.32 Å². The smallest absolute Gasteiger partial charge is 0.253 e. The quantitative estimate of drug-likeness (QED) is 0.778. The average Bonchev–Trinajstić information content (AvgIpc) is 2.45. The van der Waals surface area contributed by atoms with Gasteiger partial charge in [0.2, 0.25) is 0 Å². The molecule has 1 fully saturated rings. The molecule has 0 atom stereocenters. The van der Waals surface area contributed by atoms with Crippen LogP contribution in [0.25, 0.3) is 0 Å². The van der Waals surface area contributed by atoms with Crippen molar-refractivity contribution in [2.24, 2.45) is 0 Å². The number of carbonyl (C=O) groups is 1. The molecule has 0 heterocycles. The Morgan fingerprint density at radius 1 is 1.33 bits per heavy atom.